The molecule has 0 spiro atoms. The van der Waals surface area contributed by atoms with Crippen LogP contribution in [0.5, 0.6) is 0 Å². The molecule has 5 nitrogen and oxygen atoms in total. The first-order valence-corrected chi connectivity index (χ1v) is 9.55. The third kappa shape index (κ3) is 2.75. The van der Waals surface area contributed by atoms with E-state index in [0.29, 0.717) is 5.56 Å². The van der Waals surface area contributed by atoms with Gasteiger partial charge in [0.1, 0.15) is 5.82 Å². The van der Waals surface area contributed by atoms with E-state index in [-0.39, 0.29) is 5.91 Å². The van der Waals surface area contributed by atoms with E-state index < -0.39 is 0 Å². The zero-order chi connectivity index (χ0) is 19.1. The topological polar surface area (TPSA) is 68.5 Å². The van der Waals surface area contributed by atoms with Crippen LogP contribution in [0.3, 0.4) is 0 Å². The van der Waals surface area contributed by atoms with Gasteiger partial charge in [-0.2, -0.15) is 0 Å². The number of fused-ring (bicyclic) bond motifs is 3. The van der Waals surface area contributed by atoms with E-state index in [1.165, 1.54) is 11.1 Å². The Morgan fingerprint density at radius 2 is 1.82 bits per heavy atom. The van der Waals surface area contributed by atoms with Crippen LogP contribution in [0.4, 0.5) is 5.82 Å². The van der Waals surface area contributed by atoms with E-state index in [2.05, 4.69) is 29.2 Å². The maximum atomic E-state index is 12.0. The van der Waals surface area contributed by atoms with Gasteiger partial charge < -0.3 is 15.4 Å². The van der Waals surface area contributed by atoms with Crippen molar-refractivity contribution in [3.63, 3.8) is 0 Å². The van der Waals surface area contributed by atoms with Gasteiger partial charge >= 0.3 is 0 Å². The second-order valence-electron chi connectivity index (χ2n) is 7.22. The molecule has 0 saturated carbocycles. The Balaban J connectivity index is 1.60. The van der Waals surface area contributed by atoms with E-state index in [4.69, 9.17) is 15.5 Å². The summed E-state index contributed by atoms with van der Waals surface area (Å²) in [5.41, 5.74) is 12.9. The van der Waals surface area contributed by atoms with Crippen LogP contribution in [0.2, 0.25) is 0 Å². The van der Waals surface area contributed by atoms with Crippen LogP contribution in [0.25, 0.3) is 22.3 Å². The second-order valence-corrected chi connectivity index (χ2v) is 7.22. The van der Waals surface area contributed by atoms with Gasteiger partial charge in [-0.15, -0.1) is 0 Å². The van der Waals surface area contributed by atoms with Gasteiger partial charge in [0.15, 0.2) is 0 Å². The summed E-state index contributed by atoms with van der Waals surface area (Å²) >= 11 is 0. The maximum absolute atomic E-state index is 12.0. The molecule has 1 saturated heterocycles. The molecular weight excluding hydrogens is 350 g/mol. The van der Waals surface area contributed by atoms with Crippen LogP contribution >= 0.6 is 0 Å². The molecule has 2 aliphatic rings. The SMILES string of the molecule is NC(=O)c1ccc(-c2ccc(N3CCOCC3)nc2)c2c1Cc1ccccc1-2. The van der Waals surface area contributed by atoms with E-state index in [0.717, 1.165) is 60.8 Å². The highest BCUT2D eigenvalue weighted by molar-refractivity contribution is 6.01. The minimum absolute atomic E-state index is 0.378. The third-order valence-electron chi connectivity index (χ3n) is 5.63. The number of amides is 1. The molecule has 5 rings (SSSR count). The summed E-state index contributed by atoms with van der Waals surface area (Å²) in [5, 5.41) is 0. The highest BCUT2D eigenvalue weighted by Crippen LogP contribution is 2.44. The Morgan fingerprint density at radius 1 is 1.00 bits per heavy atom. The molecule has 1 aliphatic carbocycles. The summed E-state index contributed by atoms with van der Waals surface area (Å²) in [4.78, 5) is 18.9. The number of primary amides is 1. The first-order valence-electron chi connectivity index (χ1n) is 9.55. The Bertz CT molecular complexity index is 1050. The number of nitrogens with two attached hydrogens (primary N) is 1. The maximum Gasteiger partial charge on any atom is 0.249 e. The zero-order valence-corrected chi connectivity index (χ0v) is 15.5. The molecule has 0 atom stereocenters. The Kier molecular flexibility index (Phi) is 4.10. The van der Waals surface area contributed by atoms with E-state index >= 15 is 0 Å². The molecule has 1 fully saturated rings. The van der Waals surface area contributed by atoms with Gasteiger partial charge in [0.2, 0.25) is 5.91 Å². The number of nitrogens with zero attached hydrogens (tertiary/aromatic N) is 2. The number of carbonyl (C=O) groups is 1. The van der Waals surface area contributed by atoms with Gasteiger partial charge in [-0.05, 0) is 52.4 Å². The van der Waals surface area contributed by atoms with E-state index in [9.17, 15) is 4.79 Å². The fourth-order valence-electron chi connectivity index (χ4n) is 4.24. The van der Waals surface area contributed by atoms with Crippen LogP contribution < -0.4 is 10.6 Å². The summed E-state index contributed by atoms with van der Waals surface area (Å²) in [6.07, 6.45) is 2.65. The Hall–Kier alpha value is -3.18. The average molecular weight is 371 g/mol. The summed E-state index contributed by atoms with van der Waals surface area (Å²) in [6, 6.07) is 16.3. The van der Waals surface area contributed by atoms with Crippen molar-refractivity contribution in [3.05, 3.63) is 71.4 Å². The lowest BCUT2D eigenvalue weighted by atomic mass is 9.92. The molecule has 140 valence electrons. The molecule has 1 aromatic heterocycles. The number of rotatable bonds is 3. The van der Waals surface area contributed by atoms with Crippen molar-refractivity contribution in [2.45, 2.75) is 6.42 Å². The number of hydrogen-bond donors (Lipinski definition) is 1. The van der Waals surface area contributed by atoms with Crippen molar-refractivity contribution in [2.24, 2.45) is 5.73 Å². The van der Waals surface area contributed by atoms with Crippen LogP contribution in [0.1, 0.15) is 21.5 Å². The minimum atomic E-state index is -0.378. The van der Waals surface area contributed by atoms with Crippen LogP contribution in [-0.2, 0) is 11.2 Å². The molecule has 5 heteroatoms. The average Bonchev–Trinajstić information content (AvgIpc) is 3.13. The lowest BCUT2D eigenvalue weighted by molar-refractivity contribution is 0.0999. The fraction of sp³-hybridized carbons (Fsp3) is 0.217. The predicted octanol–water partition coefficient (Wildman–Crippen LogP) is 3.26. The lowest BCUT2D eigenvalue weighted by Gasteiger charge is -2.27. The molecule has 28 heavy (non-hydrogen) atoms. The lowest BCUT2D eigenvalue weighted by Crippen LogP contribution is -2.36. The fourth-order valence-corrected chi connectivity index (χ4v) is 4.24. The van der Waals surface area contributed by atoms with E-state index in [1.807, 2.05) is 30.5 Å². The first-order chi connectivity index (χ1) is 13.7. The largest absolute Gasteiger partial charge is 0.378 e. The number of pyridine rings is 1. The summed E-state index contributed by atoms with van der Waals surface area (Å²) < 4.78 is 5.42. The highest BCUT2D eigenvalue weighted by Gasteiger charge is 2.26. The number of ether oxygens (including phenoxy) is 1. The normalized spacial score (nSPS) is 15.2. The molecule has 2 heterocycles. The highest BCUT2D eigenvalue weighted by atomic mass is 16.5. The van der Waals surface area contributed by atoms with Crippen molar-refractivity contribution in [3.8, 4) is 22.3 Å². The molecule has 0 bridgehead atoms. The van der Waals surface area contributed by atoms with Crippen LogP contribution in [0.15, 0.2) is 54.7 Å². The molecule has 0 radical (unpaired) electrons. The van der Waals surface area contributed by atoms with Crippen molar-refractivity contribution in [2.75, 3.05) is 31.2 Å². The zero-order valence-electron chi connectivity index (χ0n) is 15.5. The number of hydrogen-bond acceptors (Lipinski definition) is 4. The third-order valence-corrected chi connectivity index (χ3v) is 5.63. The first kappa shape index (κ1) is 17.0. The smallest absolute Gasteiger partial charge is 0.249 e. The minimum Gasteiger partial charge on any atom is -0.378 e. The van der Waals surface area contributed by atoms with Crippen molar-refractivity contribution >= 4 is 11.7 Å². The molecule has 2 aromatic carbocycles. The summed E-state index contributed by atoms with van der Waals surface area (Å²) in [5.74, 6) is 0.592. The van der Waals surface area contributed by atoms with Crippen molar-refractivity contribution < 1.29 is 9.53 Å². The van der Waals surface area contributed by atoms with Gasteiger partial charge in [-0.3, -0.25) is 4.79 Å². The van der Waals surface area contributed by atoms with Gasteiger partial charge in [-0.25, -0.2) is 4.98 Å². The number of anilines is 1. The molecule has 1 amide bonds. The van der Waals surface area contributed by atoms with Gasteiger partial charge in [0.05, 0.1) is 13.2 Å². The molecule has 0 unspecified atom stereocenters. The van der Waals surface area contributed by atoms with Crippen molar-refractivity contribution in [1.82, 2.24) is 4.98 Å². The summed E-state index contributed by atoms with van der Waals surface area (Å²) in [7, 11) is 0. The van der Waals surface area contributed by atoms with E-state index in [1.54, 1.807) is 0 Å². The standard InChI is InChI=1S/C23H21N3O2/c24-23(27)19-7-6-18(22-17-4-2-1-3-15(17)13-20(19)22)16-5-8-21(25-14-16)26-9-11-28-12-10-26/h1-8,14H,9-13H2,(H2,24,27). The van der Waals surface area contributed by atoms with Crippen LogP contribution in [-0.4, -0.2) is 37.2 Å². The monoisotopic (exact) mass is 371 g/mol. The molecular formula is C23H21N3O2. The summed E-state index contributed by atoms with van der Waals surface area (Å²) in [6.45, 7) is 3.20. The van der Waals surface area contributed by atoms with Gasteiger partial charge in [-0.1, -0.05) is 30.3 Å². The number of benzene rings is 2. The molecule has 1 aliphatic heterocycles. The van der Waals surface area contributed by atoms with Gasteiger partial charge in [0, 0.05) is 30.4 Å². The Morgan fingerprint density at radius 3 is 2.57 bits per heavy atom. The number of morpholine rings is 1. The second kappa shape index (κ2) is 6.77. The quantitative estimate of drug-likeness (QED) is 0.600. The van der Waals surface area contributed by atoms with Gasteiger partial charge in [0.25, 0.3) is 0 Å². The Labute approximate surface area is 163 Å². The van der Waals surface area contributed by atoms with Crippen molar-refractivity contribution in [1.29, 1.82) is 0 Å². The number of carbonyl (C=O) groups excluding carboxylic acids is 1. The molecule has 3 aromatic rings. The molecule has 2 N–H and O–H groups in total. The van der Waals surface area contributed by atoms with Crippen LogP contribution in [0, 0.1) is 0 Å². The predicted molar refractivity (Wildman–Crippen MR) is 109 cm³/mol. The number of aromatic nitrogens is 1.